The third-order valence-corrected chi connectivity index (χ3v) is 7.07. The minimum absolute atomic E-state index is 0. The fraction of sp³-hybridized carbons (Fsp3) is 0.650. The molecule has 1 saturated heterocycles. The SMILES string of the molecule is CC(C)N1CCC(C(=O)Nc2ncc(SCc3ncc(C(C)(C)C)o3)s2)CC1.[HH]. The molecule has 0 radical (unpaired) electrons. The first-order chi connectivity index (χ1) is 13.2. The van der Waals surface area contributed by atoms with E-state index in [1.54, 1.807) is 24.2 Å². The van der Waals surface area contributed by atoms with E-state index in [2.05, 4.69) is 54.8 Å². The Labute approximate surface area is 177 Å². The predicted octanol–water partition coefficient (Wildman–Crippen LogP) is 5.03. The number of thioether (sulfide) groups is 1. The van der Waals surface area contributed by atoms with Crippen LogP contribution in [-0.4, -0.2) is 39.9 Å². The fourth-order valence-corrected chi connectivity index (χ4v) is 4.85. The standard InChI is InChI=1S/C20H30N4O2S2.H2/c1-13(2)24-8-6-14(7-9-24)18(25)23-19-22-11-17(28-19)27-12-16-21-10-15(26-16)20(3,4)5;/h10-11,13-14H,6-9,12H2,1-5H3,(H,22,23,25);1H. The Hall–Kier alpha value is -1.38. The number of thiazole rings is 1. The van der Waals surface area contributed by atoms with Crippen LogP contribution in [-0.2, 0) is 16.0 Å². The summed E-state index contributed by atoms with van der Waals surface area (Å²) in [5.41, 5.74) is -0.0385. The van der Waals surface area contributed by atoms with Crippen molar-refractivity contribution in [1.29, 1.82) is 0 Å². The lowest BCUT2D eigenvalue weighted by Gasteiger charge is -2.33. The van der Waals surface area contributed by atoms with E-state index < -0.39 is 0 Å². The maximum Gasteiger partial charge on any atom is 0.229 e. The molecule has 0 aromatic carbocycles. The number of nitrogens with one attached hydrogen (secondary N) is 1. The van der Waals surface area contributed by atoms with Crippen LogP contribution in [0, 0.1) is 5.92 Å². The molecule has 0 spiro atoms. The third-order valence-electron chi connectivity index (χ3n) is 4.98. The highest BCUT2D eigenvalue weighted by atomic mass is 32.2. The summed E-state index contributed by atoms with van der Waals surface area (Å²) >= 11 is 3.13. The third kappa shape index (κ3) is 5.58. The number of hydrogen-bond donors (Lipinski definition) is 1. The number of anilines is 1. The van der Waals surface area contributed by atoms with Crippen molar-refractivity contribution in [2.75, 3.05) is 18.4 Å². The lowest BCUT2D eigenvalue weighted by atomic mass is 9.94. The van der Waals surface area contributed by atoms with Gasteiger partial charge in [0, 0.05) is 18.8 Å². The molecule has 0 atom stereocenters. The normalized spacial score (nSPS) is 16.6. The highest BCUT2D eigenvalue weighted by Gasteiger charge is 2.26. The van der Waals surface area contributed by atoms with Crippen molar-refractivity contribution in [3.63, 3.8) is 0 Å². The Morgan fingerprint density at radius 1 is 1.36 bits per heavy atom. The number of likely N-dealkylation sites (tertiary alicyclic amines) is 1. The van der Waals surface area contributed by atoms with Crippen LogP contribution in [0.1, 0.15) is 60.5 Å². The molecule has 2 aromatic rings. The Balaban J connectivity index is 0.00000300. The molecule has 0 bridgehead atoms. The molecular formula is C20H32N4O2S2. The largest absolute Gasteiger partial charge is 0.444 e. The monoisotopic (exact) mass is 424 g/mol. The van der Waals surface area contributed by atoms with Gasteiger partial charge in [0.2, 0.25) is 11.8 Å². The number of nitrogens with zero attached hydrogens (tertiary/aromatic N) is 3. The van der Waals surface area contributed by atoms with Gasteiger partial charge in [-0.15, -0.1) is 11.8 Å². The highest BCUT2D eigenvalue weighted by molar-refractivity contribution is 8.00. The molecule has 1 aliphatic heterocycles. The first-order valence-electron chi connectivity index (χ1n) is 9.81. The summed E-state index contributed by atoms with van der Waals surface area (Å²) in [6.45, 7) is 12.7. The van der Waals surface area contributed by atoms with Gasteiger partial charge in [0.25, 0.3) is 0 Å². The van der Waals surface area contributed by atoms with Gasteiger partial charge in [-0.2, -0.15) is 0 Å². The summed E-state index contributed by atoms with van der Waals surface area (Å²) in [5.74, 6) is 2.43. The average molecular weight is 425 g/mol. The molecule has 2 aromatic heterocycles. The molecule has 0 unspecified atom stereocenters. The molecule has 3 rings (SSSR count). The van der Waals surface area contributed by atoms with Gasteiger partial charge in [-0.3, -0.25) is 4.79 Å². The van der Waals surface area contributed by atoms with E-state index in [1.165, 1.54) is 11.3 Å². The van der Waals surface area contributed by atoms with Crippen LogP contribution >= 0.6 is 23.1 Å². The molecule has 1 N–H and O–H groups in total. The fourth-order valence-electron chi connectivity index (χ4n) is 3.13. The van der Waals surface area contributed by atoms with Crippen molar-refractivity contribution in [1.82, 2.24) is 14.9 Å². The zero-order valence-electron chi connectivity index (χ0n) is 17.3. The quantitative estimate of drug-likeness (QED) is 0.656. The average Bonchev–Trinajstić information content (AvgIpc) is 3.29. The van der Waals surface area contributed by atoms with Crippen molar-refractivity contribution < 1.29 is 10.6 Å². The Bertz CT molecular complexity index is 793. The molecule has 0 aliphatic carbocycles. The van der Waals surface area contributed by atoms with E-state index in [-0.39, 0.29) is 18.7 Å². The number of aromatic nitrogens is 2. The van der Waals surface area contributed by atoms with E-state index in [9.17, 15) is 4.79 Å². The smallest absolute Gasteiger partial charge is 0.229 e. The molecule has 0 saturated carbocycles. The van der Waals surface area contributed by atoms with E-state index in [1.807, 2.05) is 0 Å². The van der Waals surface area contributed by atoms with Crippen molar-refractivity contribution in [2.45, 2.75) is 68.9 Å². The molecule has 28 heavy (non-hydrogen) atoms. The predicted molar refractivity (Wildman–Crippen MR) is 117 cm³/mol. The van der Waals surface area contributed by atoms with Crippen LogP contribution in [0.4, 0.5) is 5.13 Å². The summed E-state index contributed by atoms with van der Waals surface area (Å²) in [5, 5.41) is 3.66. The van der Waals surface area contributed by atoms with Crippen molar-refractivity contribution in [3.05, 3.63) is 24.0 Å². The summed E-state index contributed by atoms with van der Waals surface area (Å²) < 4.78 is 6.87. The summed E-state index contributed by atoms with van der Waals surface area (Å²) in [6.07, 6.45) is 5.44. The molecule has 1 aliphatic rings. The van der Waals surface area contributed by atoms with Gasteiger partial charge in [-0.1, -0.05) is 32.1 Å². The summed E-state index contributed by atoms with van der Waals surface area (Å²) in [6, 6.07) is 0.547. The van der Waals surface area contributed by atoms with E-state index in [4.69, 9.17) is 4.42 Å². The van der Waals surface area contributed by atoms with Gasteiger partial charge in [0.15, 0.2) is 5.13 Å². The first kappa shape index (κ1) is 21.3. The molecule has 1 fully saturated rings. The number of carbonyl (C=O) groups is 1. The molecule has 6 nitrogen and oxygen atoms in total. The molecule has 8 heteroatoms. The number of oxazole rings is 1. The maximum atomic E-state index is 12.5. The number of piperidine rings is 1. The zero-order chi connectivity index (χ0) is 20.3. The Morgan fingerprint density at radius 2 is 2.07 bits per heavy atom. The topological polar surface area (TPSA) is 71.3 Å². The zero-order valence-corrected chi connectivity index (χ0v) is 19.0. The van der Waals surface area contributed by atoms with Crippen LogP contribution in [0.5, 0.6) is 0 Å². The number of carbonyl (C=O) groups excluding carboxylic acids is 1. The van der Waals surface area contributed by atoms with Gasteiger partial charge >= 0.3 is 0 Å². The highest BCUT2D eigenvalue weighted by Crippen LogP contribution is 2.32. The van der Waals surface area contributed by atoms with Crippen molar-refractivity contribution in [2.24, 2.45) is 5.92 Å². The second kappa shape index (κ2) is 8.97. The number of hydrogen-bond acceptors (Lipinski definition) is 7. The Kier molecular flexibility index (Phi) is 6.83. The van der Waals surface area contributed by atoms with Crippen LogP contribution < -0.4 is 5.32 Å². The molecular weight excluding hydrogens is 392 g/mol. The van der Waals surface area contributed by atoms with Crippen LogP contribution in [0.15, 0.2) is 21.0 Å². The van der Waals surface area contributed by atoms with Crippen molar-refractivity contribution in [3.8, 4) is 0 Å². The lowest BCUT2D eigenvalue weighted by Crippen LogP contribution is -2.41. The second-order valence-corrected chi connectivity index (χ2v) is 10.8. The van der Waals surface area contributed by atoms with Gasteiger partial charge < -0.3 is 14.6 Å². The van der Waals surface area contributed by atoms with Gasteiger partial charge in [0.1, 0.15) is 5.76 Å². The lowest BCUT2D eigenvalue weighted by molar-refractivity contribution is -0.121. The molecule has 3 heterocycles. The van der Waals surface area contributed by atoms with E-state index >= 15 is 0 Å². The van der Waals surface area contributed by atoms with Crippen LogP contribution in [0.2, 0.25) is 0 Å². The Morgan fingerprint density at radius 3 is 2.68 bits per heavy atom. The minimum atomic E-state index is -0.0385. The van der Waals surface area contributed by atoms with Gasteiger partial charge in [-0.05, 0) is 39.8 Å². The van der Waals surface area contributed by atoms with Crippen LogP contribution in [0.25, 0.3) is 0 Å². The minimum Gasteiger partial charge on any atom is -0.444 e. The maximum absolute atomic E-state index is 12.5. The first-order valence-corrected chi connectivity index (χ1v) is 11.6. The van der Waals surface area contributed by atoms with Gasteiger partial charge in [0.05, 0.1) is 22.4 Å². The summed E-state index contributed by atoms with van der Waals surface area (Å²) in [4.78, 5) is 23.7. The number of amides is 1. The van der Waals surface area contributed by atoms with Crippen molar-refractivity contribution >= 4 is 34.1 Å². The second-order valence-electron chi connectivity index (χ2n) is 8.53. The molecule has 1 amide bonds. The summed E-state index contributed by atoms with van der Waals surface area (Å²) in [7, 11) is 0. The van der Waals surface area contributed by atoms with Crippen LogP contribution in [0.3, 0.4) is 0 Å². The van der Waals surface area contributed by atoms with E-state index in [0.29, 0.717) is 22.8 Å². The number of rotatable bonds is 6. The molecule has 156 valence electrons. The van der Waals surface area contributed by atoms with E-state index in [0.717, 1.165) is 35.9 Å². The van der Waals surface area contributed by atoms with Gasteiger partial charge in [-0.25, -0.2) is 9.97 Å².